The number of nitrogens with zero attached hydrogens (tertiary/aromatic N) is 4. The zero-order valence-corrected chi connectivity index (χ0v) is 15.1. The molecule has 0 fully saturated rings. The molecule has 1 atom stereocenters. The van der Waals surface area contributed by atoms with Crippen LogP contribution in [-0.2, 0) is 6.42 Å². The van der Waals surface area contributed by atoms with Gasteiger partial charge in [0.1, 0.15) is 0 Å². The van der Waals surface area contributed by atoms with Crippen LogP contribution in [0.25, 0.3) is 5.78 Å². The lowest BCUT2D eigenvalue weighted by atomic mass is 9.94. The van der Waals surface area contributed by atoms with Gasteiger partial charge in [-0.15, -0.1) is 5.10 Å². The molecule has 3 rings (SSSR count). The molecule has 0 aliphatic carbocycles. The summed E-state index contributed by atoms with van der Waals surface area (Å²) in [4.78, 5) is 8.72. The average molecular weight is 312 g/mol. The van der Waals surface area contributed by atoms with E-state index in [-0.39, 0.29) is 5.92 Å². The lowest BCUT2D eigenvalue weighted by Crippen LogP contribution is -2.02. The number of hydrogen-bond acceptors (Lipinski definition) is 3. The number of benzene rings is 1. The van der Waals surface area contributed by atoms with Gasteiger partial charge in [0.15, 0.2) is 5.82 Å². The molecule has 0 N–H and O–H groups in total. The van der Waals surface area contributed by atoms with E-state index in [0.29, 0.717) is 5.78 Å². The average Bonchev–Trinajstić information content (AvgIpc) is 3.08. The van der Waals surface area contributed by atoms with E-state index in [9.17, 15) is 0 Å². The van der Waals surface area contributed by atoms with E-state index in [1.807, 2.05) is 40.0 Å². The van der Waals surface area contributed by atoms with Crippen LogP contribution in [0.3, 0.4) is 0 Å². The van der Waals surface area contributed by atoms with Gasteiger partial charge in [-0.05, 0) is 23.6 Å². The van der Waals surface area contributed by atoms with Crippen LogP contribution in [-0.4, -0.2) is 19.6 Å². The Kier molecular flexibility index (Phi) is 7.95. The highest BCUT2D eigenvalue weighted by molar-refractivity contribution is 5.35. The van der Waals surface area contributed by atoms with Gasteiger partial charge in [0.05, 0.1) is 0 Å². The van der Waals surface area contributed by atoms with Crippen molar-refractivity contribution in [2.45, 2.75) is 53.9 Å². The third-order valence-corrected chi connectivity index (χ3v) is 3.42. The van der Waals surface area contributed by atoms with Gasteiger partial charge in [0.2, 0.25) is 0 Å². The summed E-state index contributed by atoms with van der Waals surface area (Å²) >= 11 is 0. The number of rotatable bonds is 3. The van der Waals surface area contributed by atoms with Crippen molar-refractivity contribution in [2.24, 2.45) is 0 Å². The van der Waals surface area contributed by atoms with Crippen molar-refractivity contribution in [2.75, 3.05) is 0 Å². The fraction of sp³-hybridized carbons (Fsp3) is 0.421. The monoisotopic (exact) mass is 312 g/mol. The molecule has 0 aliphatic heterocycles. The van der Waals surface area contributed by atoms with Gasteiger partial charge in [-0.1, -0.05) is 65.8 Å². The van der Waals surface area contributed by atoms with Crippen molar-refractivity contribution in [1.29, 1.82) is 0 Å². The molecule has 4 heteroatoms. The van der Waals surface area contributed by atoms with Crippen LogP contribution in [0.1, 0.15) is 64.4 Å². The highest BCUT2D eigenvalue weighted by atomic mass is 15.3. The van der Waals surface area contributed by atoms with Crippen LogP contribution in [0.15, 0.2) is 42.7 Å². The summed E-state index contributed by atoms with van der Waals surface area (Å²) in [5, 5.41) is 4.51. The molecule has 0 radical (unpaired) electrons. The van der Waals surface area contributed by atoms with Crippen molar-refractivity contribution < 1.29 is 0 Å². The van der Waals surface area contributed by atoms with E-state index in [2.05, 4.69) is 53.2 Å². The molecule has 0 saturated carbocycles. The molecule has 124 valence electrons. The van der Waals surface area contributed by atoms with Gasteiger partial charge in [-0.3, -0.25) is 0 Å². The fourth-order valence-electron chi connectivity index (χ4n) is 2.35. The molecule has 0 aliphatic rings. The number of aryl methyl sites for hydroxylation is 1. The van der Waals surface area contributed by atoms with Crippen molar-refractivity contribution in [3.8, 4) is 0 Å². The Morgan fingerprint density at radius 3 is 2.39 bits per heavy atom. The number of fused-ring (bicyclic) bond motifs is 1. The Labute approximate surface area is 139 Å². The third kappa shape index (κ3) is 4.38. The molecule has 0 amide bonds. The van der Waals surface area contributed by atoms with Gasteiger partial charge >= 0.3 is 0 Å². The maximum atomic E-state index is 4.51. The standard InChI is InChI=1S/C15H16N4.2C2H6/c1-3-12-7-4-5-8-13(12)11(2)14-17-15-16-9-6-10-19(15)18-14;2*1-2/h4-11H,3H2,1-2H3;2*1-2H3. The van der Waals surface area contributed by atoms with Crippen LogP contribution >= 0.6 is 0 Å². The van der Waals surface area contributed by atoms with Crippen LogP contribution in [0.4, 0.5) is 0 Å². The summed E-state index contributed by atoms with van der Waals surface area (Å²) in [6.45, 7) is 12.3. The smallest absolute Gasteiger partial charge is 0.220 e. The summed E-state index contributed by atoms with van der Waals surface area (Å²) in [6, 6.07) is 10.3. The Bertz CT molecular complexity index is 670. The van der Waals surface area contributed by atoms with E-state index in [0.717, 1.165) is 12.2 Å². The molecule has 2 aromatic heterocycles. The molecule has 0 bridgehead atoms. The predicted molar refractivity (Wildman–Crippen MR) is 96.8 cm³/mol. The maximum Gasteiger partial charge on any atom is 0.252 e. The Morgan fingerprint density at radius 2 is 1.74 bits per heavy atom. The van der Waals surface area contributed by atoms with Crippen molar-refractivity contribution >= 4 is 5.78 Å². The SMILES string of the molecule is CC.CC.CCc1ccccc1C(C)c1nc2ncccn2n1. The maximum absolute atomic E-state index is 4.51. The first-order valence-corrected chi connectivity index (χ1v) is 8.54. The Hall–Kier alpha value is -2.23. The molecular weight excluding hydrogens is 284 g/mol. The predicted octanol–water partition coefficient (Wildman–Crippen LogP) is 4.89. The molecule has 1 aromatic carbocycles. The Morgan fingerprint density at radius 1 is 1.04 bits per heavy atom. The normalized spacial score (nSPS) is 11.0. The fourth-order valence-corrected chi connectivity index (χ4v) is 2.35. The minimum absolute atomic E-state index is 0.179. The summed E-state index contributed by atoms with van der Waals surface area (Å²) < 4.78 is 1.72. The van der Waals surface area contributed by atoms with Crippen molar-refractivity contribution in [3.63, 3.8) is 0 Å². The molecule has 4 nitrogen and oxygen atoms in total. The molecular formula is C19H28N4. The molecule has 1 unspecified atom stereocenters. The number of aromatic nitrogens is 4. The minimum atomic E-state index is 0.179. The topological polar surface area (TPSA) is 43.1 Å². The lowest BCUT2D eigenvalue weighted by Gasteiger charge is -2.12. The van der Waals surface area contributed by atoms with Crippen LogP contribution in [0.5, 0.6) is 0 Å². The second-order valence-corrected chi connectivity index (χ2v) is 4.61. The van der Waals surface area contributed by atoms with Gasteiger partial charge in [-0.25, -0.2) is 9.50 Å². The van der Waals surface area contributed by atoms with Gasteiger partial charge < -0.3 is 0 Å². The van der Waals surface area contributed by atoms with E-state index in [1.165, 1.54) is 11.1 Å². The van der Waals surface area contributed by atoms with Crippen molar-refractivity contribution in [3.05, 3.63) is 59.7 Å². The zero-order chi connectivity index (χ0) is 17.2. The number of hydrogen-bond donors (Lipinski definition) is 0. The second kappa shape index (κ2) is 9.72. The van der Waals surface area contributed by atoms with E-state index in [1.54, 1.807) is 10.7 Å². The van der Waals surface area contributed by atoms with Gasteiger partial charge in [0, 0.05) is 18.3 Å². The first-order chi connectivity index (χ1) is 11.3. The van der Waals surface area contributed by atoms with Crippen LogP contribution < -0.4 is 0 Å². The summed E-state index contributed by atoms with van der Waals surface area (Å²) in [5.74, 6) is 1.65. The summed E-state index contributed by atoms with van der Waals surface area (Å²) in [6.07, 6.45) is 4.63. The first kappa shape index (κ1) is 18.8. The minimum Gasteiger partial charge on any atom is -0.220 e. The highest BCUT2D eigenvalue weighted by Gasteiger charge is 2.16. The van der Waals surface area contributed by atoms with E-state index in [4.69, 9.17) is 0 Å². The zero-order valence-electron chi connectivity index (χ0n) is 15.1. The second-order valence-electron chi connectivity index (χ2n) is 4.61. The summed E-state index contributed by atoms with van der Waals surface area (Å²) in [7, 11) is 0. The van der Waals surface area contributed by atoms with Crippen LogP contribution in [0, 0.1) is 0 Å². The van der Waals surface area contributed by atoms with Crippen molar-refractivity contribution in [1.82, 2.24) is 19.6 Å². The first-order valence-electron chi connectivity index (χ1n) is 8.54. The molecule has 23 heavy (non-hydrogen) atoms. The van der Waals surface area contributed by atoms with Gasteiger partial charge in [0.25, 0.3) is 5.78 Å². The van der Waals surface area contributed by atoms with E-state index >= 15 is 0 Å². The highest BCUT2D eigenvalue weighted by Crippen LogP contribution is 2.25. The molecule has 3 aromatic rings. The van der Waals surface area contributed by atoms with Crippen LogP contribution in [0.2, 0.25) is 0 Å². The lowest BCUT2D eigenvalue weighted by molar-refractivity contribution is 0.790. The van der Waals surface area contributed by atoms with Gasteiger partial charge in [-0.2, -0.15) is 4.98 Å². The molecule has 0 saturated heterocycles. The largest absolute Gasteiger partial charge is 0.252 e. The Balaban J connectivity index is 0.000000615. The van der Waals surface area contributed by atoms with E-state index < -0.39 is 0 Å². The third-order valence-electron chi connectivity index (χ3n) is 3.42. The molecule has 2 heterocycles. The quantitative estimate of drug-likeness (QED) is 0.691. The molecule has 0 spiro atoms. The summed E-state index contributed by atoms with van der Waals surface area (Å²) in [5.41, 5.74) is 2.64.